The summed E-state index contributed by atoms with van der Waals surface area (Å²) in [7, 11) is 0. The van der Waals surface area contributed by atoms with Crippen LogP contribution in [0.3, 0.4) is 0 Å². The van der Waals surface area contributed by atoms with Gasteiger partial charge in [0.05, 0.1) is 17.8 Å². The van der Waals surface area contributed by atoms with Crippen molar-refractivity contribution in [3.05, 3.63) is 17.7 Å². The van der Waals surface area contributed by atoms with E-state index >= 15 is 0 Å². The number of benzene rings is 1. The number of nitrogen functional groups attached to an aromatic ring is 2. The number of rotatable bonds is 3. The molecule has 0 unspecified atom stereocenters. The molecule has 0 bridgehead atoms. The lowest BCUT2D eigenvalue weighted by Crippen LogP contribution is -2.28. The molecule has 0 aromatic heterocycles. The highest BCUT2D eigenvalue weighted by Crippen LogP contribution is 2.30. The predicted octanol–water partition coefficient (Wildman–Crippen LogP) is 3.08. The number of ether oxygens (including phenoxy) is 2. The van der Waals surface area contributed by atoms with E-state index in [-0.39, 0.29) is 17.8 Å². The Hall–Kier alpha value is -2.44. The first-order chi connectivity index (χ1) is 10.8. The molecule has 0 aliphatic rings. The summed E-state index contributed by atoms with van der Waals surface area (Å²) in [6.45, 7) is 10.6. The first kappa shape index (κ1) is 19.6. The standard InChI is InChI=1S/C17H27N3O4/c1-16(2,3)23-13(21)9-10-11(18)7-8-12(19)14(10)20-15(22)24-17(4,5)6/h7-8H,9,18-19H2,1-6H3,(H,20,22). The summed E-state index contributed by atoms with van der Waals surface area (Å²) in [5, 5.41) is 2.57. The van der Waals surface area contributed by atoms with E-state index in [0.29, 0.717) is 11.3 Å². The van der Waals surface area contributed by atoms with Gasteiger partial charge in [-0.25, -0.2) is 4.79 Å². The number of carbonyl (C=O) groups excluding carboxylic acids is 2. The molecule has 1 rings (SSSR count). The maximum absolute atomic E-state index is 12.1. The van der Waals surface area contributed by atoms with Gasteiger partial charge in [0.15, 0.2) is 0 Å². The summed E-state index contributed by atoms with van der Waals surface area (Å²) < 4.78 is 10.5. The molecule has 7 heteroatoms. The zero-order chi connectivity index (χ0) is 18.7. The number of hydrogen-bond donors (Lipinski definition) is 3. The second-order valence-electron chi connectivity index (χ2n) is 7.49. The van der Waals surface area contributed by atoms with E-state index in [1.54, 1.807) is 53.7 Å². The Bertz CT molecular complexity index is 573. The normalized spacial score (nSPS) is 11.8. The van der Waals surface area contributed by atoms with Crippen molar-refractivity contribution in [2.45, 2.75) is 59.2 Å². The summed E-state index contributed by atoms with van der Waals surface area (Å²) >= 11 is 0. The molecule has 0 atom stereocenters. The van der Waals surface area contributed by atoms with Crippen LogP contribution in [0.4, 0.5) is 21.9 Å². The zero-order valence-electron chi connectivity index (χ0n) is 15.1. The smallest absolute Gasteiger partial charge is 0.412 e. The van der Waals surface area contributed by atoms with Crippen LogP contribution in [-0.4, -0.2) is 23.3 Å². The van der Waals surface area contributed by atoms with Gasteiger partial charge in [0.2, 0.25) is 0 Å². The van der Waals surface area contributed by atoms with E-state index in [1.807, 2.05) is 0 Å². The molecule has 0 fully saturated rings. The molecule has 1 aromatic carbocycles. The van der Waals surface area contributed by atoms with Gasteiger partial charge in [-0.05, 0) is 53.7 Å². The lowest BCUT2D eigenvalue weighted by Gasteiger charge is -2.23. The highest BCUT2D eigenvalue weighted by molar-refractivity contribution is 5.94. The maximum atomic E-state index is 12.1. The quantitative estimate of drug-likeness (QED) is 0.576. The van der Waals surface area contributed by atoms with Gasteiger partial charge >= 0.3 is 12.1 Å². The minimum Gasteiger partial charge on any atom is -0.460 e. The number of hydrogen-bond acceptors (Lipinski definition) is 6. The van der Waals surface area contributed by atoms with Crippen LogP contribution in [0.25, 0.3) is 0 Å². The van der Waals surface area contributed by atoms with Crippen molar-refractivity contribution >= 4 is 29.1 Å². The van der Waals surface area contributed by atoms with Gasteiger partial charge in [0, 0.05) is 11.3 Å². The molecule has 1 amide bonds. The van der Waals surface area contributed by atoms with Gasteiger partial charge in [-0.15, -0.1) is 0 Å². The van der Waals surface area contributed by atoms with Gasteiger partial charge in [-0.1, -0.05) is 0 Å². The molecule has 1 aromatic rings. The van der Waals surface area contributed by atoms with Crippen LogP contribution in [-0.2, 0) is 20.7 Å². The van der Waals surface area contributed by atoms with E-state index in [2.05, 4.69) is 5.32 Å². The SMILES string of the molecule is CC(C)(C)OC(=O)Cc1c(N)ccc(N)c1NC(=O)OC(C)(C)C. The molecular formula is C17H27N3O4. The summed E-state index contributed by atoms with van der Waals surface area (Å²) in [6.07, 6.45) is -0.788. The van der Waals surface area contributed by atoms with Gasteiger partial charge in [-0.2, -0.15) is 0 Å². The Balaban J connectivity index is 3.06. The minimum absolute atomic E-state index is 0.112. The molecule has 0 aliphatic carbocycles. The van der Waals surface area contributed by atoms with Crippen molar-refractivity contribution in [1.29, 1.82) is 0 Å². The van der Waals surface area contributed by atoms with Crippen molar-refractivity contribution in [3.8, 4) is 0 Å². The van der Waals surface area contributed by atoms with E-state index in [1.165, 1.54) is 0 Å². The third kappa shape index (κ3) is 6.36. The van der Waals surface area contributed by atoms with Gasteiger partial charge in [-0.3, -0.25) is 10.1 Å². The molecule has 0 radical (unpaired) electrons. The topological polar surface area (TPSA) is 117 Å². The number of amides is 1. The largest absolute Gasteiger partial charge is 0.460 e. The molecule has 0 saturated heterocycles. The molecular weight excluding hydrogens is 310 g/mol. The summed E-state index contributed by atoms with van der Waals surface area (Å²) in [6, 6.07) is 3.13. The lowest BCUT2D eigenvalue weighted by atomic mass is 10.1. The van der Waals surface area contributed by atoms with Crippen LogP contribution in [0.15, 0.2) is 12.1 Å². The maximum Gasteiger partial charge on any atom is 0.412 e. The van der Waals surface area contributed by atoms with Crippen molar-refractivity contribution in [1.82, 2.24) is 0 Å². The number of carbonyl (C=O) groups is 2. The Morgan fingerprint density at radius 1 is 0.958 bits per heavy atom. The second kappa shape index (κ2) is 6.98. The third-order valence-electron chi connectivity index (χ3n) is 2.75. The summed E-state index contributed by atoms with van der Waals surface area (Å²) in [5.74, 6) is -0.466. The fourth-order valence-electron chi connectivity index (χ4n) is 1.95. The summed E-state index contributed by atoms with van der Waals surface area (Å²) in [4.78, 5) is 24.1. The minimum atomic E-state index is -0.676. The van der Waals surface area contributed by atoms with Gasteiger partial charge in [0.25, 0.3) is 0 Å². The van der Waals surface area contributed by atoms with E-state index in [0.717, 1.165) is 0 Å². The Kier molecular flexibility index (Phi) is 5.71. The highest BCUT2D eigenvalue weighted by Gasteiger charge is 2.23. The fraction of sp³-hybridized carbons (Fsp3) is 0.529. The van der Waals surface area contributed by atoms with Crippen LogP contribution in [0.1, 0.15) is 47.1 Å². The van der Waals surface area contributed by atoms with Crippen LogP contribution >= 0.6 is 0 Å². The van der Waals surface area contributed by atoms with Crippen molar-refractivity contribution in [3.63, 3.8) is 0 Å². The monoisotopic (exact) mass is 337 g/mol. The average molecular weight is 337 g/mol. The molecule has 0 heterocycles. The van der Waals surface area contributed by atoms with E-state index in [9.17, 15) is 9.59 Å². The summed E-state index contributed by atoms with van der Waals surface area (Å²) in [5.41, 5.74) is 11.9. The molecule has 7 nitrogen and oxygen atoms in total. The van der Waals surface area contributed by atoms with Crippen molar-refractivity contribution in [2.75, 3.05) is 16.8 Å². The van der Waals surface area contributed by atoms with Gasteiger partial charge in [0.1, 0.15) is 11.2 Å². The molecule has 0 saturated carbocycles. The van der Waals surface area contributed by atoms with E-state index in [4.69, 9.17) is 20.9 Å². The number of nitrogens with two attached hydrogens (primary N) is 2. The Morgan fingerprint density at radius 2 is 1.46 bits per heavy atom. The van der Waals surface area contributed by atoms with E-state index < -0.39 is 23.3 Å². The third-order valence-corrected chi connectivity index (χ3v) is 2.75. The lowest BCUT2D eigenvalue weighted by molar-refractivity contribution is -0.153. The Labute approximate surface area is 142 Å². The molecule has 134 valence electrons. The molecule has 0 aliphatic heterocycles. The highest BCUT2D eigenvalue weighted by atomic mass is 16.6. The Morgan fingerprint density at radius 3 is 1.96 bits per heavy atom. The van der Waals surface area contributed by atoms with Crippen molar-refractivity contribution < 1.29 is 19.1 Å². The zero-order valence-corrected chi connectivity index (χ0v) is 15.1. The van der Waals surface area contributed by atoms with Crippen LogP contribution in [0, 0.1) is 0 Å². The van der Waals surface area contributed by atoms with Crippen LogP contribution < -0.4 is 16.8 Å². The predicted molar refractivity (Wildman–Crippen MR) is 94.7 cm³/mol. The number of nitrogens with one attached hydrogen (secondary N) is 1. The van der Waals surface area contributed by atoms with Crippen molar-refractivity contribution in [2.24, 2.45) is 0 Å². The first-order valence-electron chi connectivity index (χ1n) is 7.67. The average Bonchev–Trinajstić information content (AvgIpc) is 2.33. The molecule has 24 heavy (non-hydrogen) atoms. The van der Waals surface area contributed by atoms with Crippen LogP contribution in [0.5, 0.6) is 0 Å². The molecule has 5 N–H and O–H groups in total. The first-order valence-corrected chi connectivity index (χ1v) is 7.67. The van der Waals surface area contributed by atoms with Gasteiger partial charge < -0.3 is 20.9 Å². The van der Waals surface area contributed by atoms with Crippen LogP contribution in [0.2, 0.25) is 0 Å². The fourth-order valence-corrected chi connectivity index (χ4v) is 1.95. The number of esters is 1. The molecule has 0 spiro atoms. The number of anilines is 3. The second-order valence-corrected chi connectivity index (χ2v) is 7.49.